The minimum atomic E-state index is 0.270. The molecule has 6 nitrogen and oxygen atoms in total. The highest BCUT2D eigenvalue weighted by Crippen LogP contribution is 2.28. The van der Waals surface area contributed by atoms with Crippen molar-refractivity contribution in [2.75, 3.05) is 12.8 Å². The Labute approximate surface area is 326 Å². The number of allylic oxidation sites excluding steroid dienone is 5. The van der Waals surface area contributed by atoms with Crippen LogP contribution in [0.15, 0.2) is 212 Å². The lowest BCUT2D eigenvalue weighted by atomic mass is 9.99. The first-order valence-corrected chi connectivity index (χ1v) is 17.7. The zero-order chi connectivity index (χ0) is 39.7. The number of phenolic OH excluding ortho intramolecular Hbond substituents is 1. The van der Waals surface area contributed by atoms with E-state index in [2.05, 4.69) is 61.1 Å². The van der Waals surface area contributed by atoms with Crippen molar-refractivity contribution in [3.05, 3.63) is 241 Å². The molecule has 6 heteroatoms. The summed E-state index contributed by atoms with van der Waals surface area (Å²) in [5, 5.41) is 18.5. The van der Waals surface area contributed by atoms with Crippen molar-refractivity contribution in [1.82, 2.24) is 4.98 Å². The van der Waals surface area contributed by atoms with Crippen LogP contribution in [0.25, 0.3) is 11.6 Å². The molecule has 0 fully saturated rings. The maximum Gasteiger partial charge on any atom is 0.123 e. The van der Waals surface area contributed by atoms with E-state index in [-0.39, 0.29) is 5.75 Å². The molecule has 6 aromatic rings. The molecule has 0 aliphatic carbocycles. The number of anilines is 1. The molecule has 5 aromatic carbocycles. The van der Waals surface area contributed by atoms with E-state index < -0.39 is 0 Å². The lowest BCUT2D eigenvalue weighted by Crippen LogP contribution is -2.03. The summed E-state index contributed by atoms with van der Waals surface area (Å²) in [6.07, 6.45) is 12.5. The number of aliphatic imine (C=N–C) groups is 1. The van der Waals surface area contributed by atoms with Gasteiger partial charge in [-0.2, -0.15) is 0 Å². The van der Waals surface area contributed by atoms with E-state index in [4.69, 9.17) is 15.8 Å². The largest absolute Gasteiger partial charge is 0.516 e. The predicted molar refractivity (Wildman–Crippen MR) is 234 cm³/mol. The van der Waals surface area contributed by atoms with Crippen molar-refractivity contribution in [1.29, 1.82) is 0 Å². The Morgan fingerprint density at radius 1 is 0.727 bits per heavy atom. The number of hydrogen-bond acceptors (Lipinski definition) is 6. The number of phenols is 1. The predicted octanol–water partition coefficient (Wildman–Crippen LogP) is 11.2. The Kier molecular flexibility index (Phi) is 18.7. The Hall–Kier alpha value is -7.02. The van der Waals surface area contributed by atoms with E-state index in [0.29, 0.717) is 22.7 Å². The van der Waals surface area contributed by atoms with Gasteiger partial charge >= 0.3 is 0 Å². The number of aliphatic hydroxyl groups is 1. The molecule has 0 saturated heterocycles. The Morgan fingerprint density at radius 3 is 1.84 bits per heavy atom. The van der Waals surface area contributed by atoms with Crippen molar-refractivity contribution in [3.8, 4) is 5.75 Å². The Bertz CT molecular complexity index is 2160. The fourth-order valence-corrected chi connectivity index (χ4v) is 4.99. The van der Waals surface area contributed by atoms with Gasteiger partial charge in [-0.3, -0.25) is 4.98 Å². The number of rotatable bonds is 10. The second-order valence-corrected chi connectivity index (χ2v) is 11.8. The molecule has 0 radical (unpaired) electrons. The van der Waals surface area contributed by atoms with E-state index in [9.17, 15) is 5.11 Å². The number of aliphatic hydroxyl groups excluding tert-OH is 1. The molecule has 1 aromatic heterocycles. The molecule has 6 rings (SSSR count). The number of nitrogens with two attached hydrogens (primary N) is 2. The van der Waals surface area contributed by atoms with Crippen LogP contribution < -0.4 is 11.5 Å². The van der Waals surface area contributed by atoms with Crippen molar-refractivity contribution in [3.63, 3.8) is 0 Å². The minimum absolute atomic E-state index is 0.270. The quantitative estimate of drug-likeness (QED) is 0.0637. The van der Waals surface area contributed by atoms with Crippen LogP contribution in [0, 0.1) is 6.92 Å². The number of hydrogen-bond donors (Lipinski definition) is 4. The first kappa shape index (κ1) is 42.4. The summed E-state index contributed by atoms with van der Waals surface area (Å²) in [4.78, 5) is 9.22. The molecule has 278 valence electrons. The van der Waals surface area contributed by atoms with Crippen LogP contribution in [0.4, 0.5) is 11.4 Å². The van der Waals surface area contributed by atoms with Crippen molar-refractivity contribution >= 4 is 28.7 Å². The zero-order valence-electron chi connectivity index (χ0n) is 31.5. The third-order valence-corrected chi connectivity index (χ3v) is 7.79. The topological polar surface area (TPSA) is 118 Å². The molecule has 0 unspecified atom stereocenters. The third kappa shape index (κ3) is 14.9. The molecular weight excluding hydrogens is 677 g/mol. The van der Waals surface area contributed by atoms with Crippen LogP contribution in [0.1, 0.15) is 33.5 Å². The van der Waals surface area contributed by atoms with Gasteiger partial charge in [0, 0.05) is 11.1 Å². The second-order valence-electron chi connectivity index (χ2n) is 11.8. The average molecular weight is 727 g/mol. The highest BCUT2D eigenvalue weighted by atomic mass is 16.3. The van der Waals surface area contributed by atoms with Gasteiger partial charge in [-0.05, 0) is 67.0 Å². The first-order valence-electron chi connectivity index (χ1n) is 17.7. The van der Waals surface area contributed by atoms with Crippen molar-refractivity contribution < 1.29 is 10.2 Å². The summed E-state index contributed by atoms with van der Waals surface area (Å²) in [6, 6.07) is 49.2. The van der Waals surface area contributed by atoms with Gasteiger partial charge in [0.2, 0.25) is 0 Å². The number of para-hydroxylation sites is 1. The summed E-state index contributed by atoms with van der Waals surface area (Å²) >= 11 is 0. The molecule has 0 spiro atoms. The first-order chi connectivity index (χ1) is 26.9. The SMILES string of the molecule is C=C(/C=C\C=C/O)C(=Nc1cc(/C=C/Cc2ccccc2)ncc1N)c1ccccc1.C=C(c1ccccc1)c1ccccc1O.CN.Cc1ccccc1. The van der Waals surface area contributed by atoms with E-state index in [1.165, 1.54) is 24.3 Å². The summed E-state index contributed by atoms with van der Waals surface area (Å²) in [7, 11) is 1.50. The molecule has 1 heterocycles. The zero-order valence-corrected chi connectivity index (χ0v) is 31.5. The number of aryl methyl sites for hydroxylation is 1. The van der Waals surface area contributed by atoms with E-state index >= 15 is 0 Å². The summed E-state index contributed by atoms with van der Waals surface area (Å²) < 4.78 is 0. The summed E-state index contributed by atoms with van der Waals surface area (Å²) in [5.41, 5.74) is 20.1. The van der Waals surface area contributed by atoms with Gasteiger partial charge < -0.3 is 21.7 Å². The number of benzene rings is 5. The highest BCUT2D eigenvalue weighted by Gasteiger charge is 2.09. The lowest BCUT2D eigenvalue weighted by molar-refractivity contribution is 0.473. The fourth-order valence-electron chi connectivity index (χ4n) is 4.99. The maximum atomic E-state index is 9.68. The molecule has 0 bridgehead atoms. The smallest absolute Gasteiger partial charge is 0.123 e. The summed E-state index contributed by atoms with van der Waals surface area (Å²) in [5.74, 6) is 0.270. The van der Waals surface area contributed by atoms with Gasteiger partial charge in [-0.15, -0.1) is 0 Å². The molecule has 0 saturated carbocycles. The monoisotopic (exact) mass is 726 g/mol. The van der Waals surface area contributed by atoms with Gasteiger partial charge in [0.1, 0.15) is 5.75 Å². The average Bonchev–Trinajstić information content (AvgIpc) is 3.23. The second kappa shape index (κ2) is 24.3. The van der Waals surface area contributed by atoms with Gasteiger partial charge in [-0.1, -0.05) is 176 Å². The van der Waals surface area contributed by atoms with Crippen molar-refractivity contribution in [2.45, 2.75) is 13.3 Å². The Morgan fingerprint density at radius 2 is 1.27 bits per heavy atom. The van der Waals surface area contributed by atoms with Gasteiger partial charge in [0.05, 0.1) is 35.2 Å². The third-order valence-electron chi connectivity index (χ3n) is 7.79. The number of pyridine rings is 1. The molecule has 0 atom stereocenters. The Balaban J connectivity index is 0.000000276. The van der Waals surface area contributed by atoms with Crippen LogP contribution in [0.3, 0.4) is 0 Å². The van der Waals surface area contributed by atoms with Gasteiger partial charge in [0.15, 0.2) is 0 Å². The van der Waals surface area contributed by atoms with Crippen LogP contribution in [0.2, 0.25) is 0 Å². The molecule has 55 heavy (non-hydrogen) atoms. The number of aromatic nitrogens is 1. The molecule has 0 aliphatic rings. The standard InChI is InChI=1S/C27H25N3O.C14H12O.C7H8.CH5N/c1-21(11-8-9-18-31)27(23-15-6-3-7-16-23)30-26-19-24(29-20-25(26)28)17-10-14-22-12-4-2-5-13-22;1-11(12-7-3-2-4-8-12)13-9-5-6-10-14(13)15;1-7-5-3-2-4-6-7;1-2/h2-13,15-20,31H,1,14,28H2;2-10,15H,1H2;2-6H,1H3;2H2,1H3/b11-8-,17-10+,18-9-,30-27?;;;. The molecule has 6 N–H and O–H groups in total. The van der Waals surface area contributed by atoms with Gasteiger partial charge in [0.25, 0.3) is 0 Å². The minimum Gasteiger partial charge on any atom is -0.516 e. The fraction of sp³-hybridized carbons (Fsp3) is 0.0612. The molecular formula is C49H50N4O2. The molecule has 0 amide bonds. The maximum absolute atomic E-state index is 9.68. The van der Waals surface area contributed by atoms with Crippen LogP contribution in [0.5, 0.6) is 5.75 Å². The number of nitrogen functional groups attached to an aromatic ring is 1. The summed E-state index contributed by atoms with van der Waals surface area (Å²) in [6.45, 7) is 10.2. The van der Waals surface area contributed by atoms with Crippen LogP contribution in [-0.2, 0) is 6.42 Å². The van der Waals surface area contributed by atoms with Crippen LogP contribution in [-0.4, -0.2) is 28.0 Å². The van der Waals surface area contributed by atoms with Crippen molar-refractivity contribution in [2.24, 2.45) is 10.7 Å². The van der Waals surface area contributed by atoms with Gasteiger partial charge in [-0.25, -0.2) is 4.99 Å². The van der Waals surface area contributed by atoms with E-state index in [1.807, 2.05) is 121 Å². The van der Waals surface area contributed by atoms with E-state index in [0.717, 1.165) is 40.6 Å². The lowest BCUT2D eigenvalue weighted by Gasteiger charge is -2.09. The highest BCUT2D eigenvalue weighted by molar-refractivity contribution is 6.15. The number of aromatic hydroxyl groups is 1. The normalized spacial score (nSPS) is 10.8. The molecule has 0 aliphatic heterocycles. The van der Waals surface area contributed by atoms with Crippen LogP contribution >= 0.6 is 0 Å². The van der Waals surface area contributed by atoms with E-state index in [1.54, 1.807) is 30.5 Å². The number of nitrogens with zero attached hydrogens (tertiary/aromatic N) is 2.